The average Bonchev–Trinajstić information content (AvgIpc) is 2.27. The Hall–Kier alpha value is -1.64. The number of Topliss-reactive ketones (excluding diaryl/α,β-unsaturated/α-hetero) is 1. The lowest BCUT2D eigenvalue weighted by Gasteiger charge is -2.22. The lowest BCUT2D eigenvalue weighted by atomic mass is 9.96. The highest BCUT2D eigenvalue weighted by Gasteiger charge is 2.28. The van der Waals surface area contributed by atoms with Gasteiger partial charge in [0.15, 0.2) is 0 Å². The van der Waals surface area contributed by atoms with E-state index in [4.69, 9.17) is 4.74 Å². The number of carbonyl (C=O) groups is 2. The highest BCUT2D eigenvalue weighted by molar-refractivity contribution is 5.97. The van der Waals surface area contributed by atoms with Gasteiger partial charge >= 0.3 is 5.97 Å². The van der Waals surface area contributed by atoms with Crippen molar-refractivity contribution < 1.29 is 14.3 Å². The first-order chi connectivity index (χ1) is 8.79. The standard InChI is InChI=1S/C16H22O3/c1-12(17)14(15(18)19-16(2,3)4)11-10-13-8-6-5-7-9-13/h5-9,14H,10-11H2,1-4H3. The van der Waals surface area contributed by atoms with E-state index in [0.717, 1.165) is 5.56 Å². The summed E-state index contributed by atoms with van der Waals surface area (Å²) in [4.78, 5) is 23.6. The lowest BCUT2D eigenvalue weighted by Crippen LogP contribution is -2.32. The van der Waals surface area contributed by atoms with Crippen LogP contribution in [0.15, 0.2) is 30.3 Å². The molecular formula is C16H22O3. The minimum absolute atomic E-state index is 0.134. The van der Waals surface area contributed by atoms with Crippen molar-refractivity contribution in [1.82, 2.24) is 0 Å². The van der Waals surface area contributed by atoms with E-state index in [1.807, 2.05) is 30.3 Å². The summed E-state index contributed by atoms with van der Waals surface area (Å²) in [6, 6.07) is 9.83. The first kappa shape index (κ1) is 15.4. The van der Waals surface area contributed by atoms with E-state index in [2.05, 4.69) is 0 Å². The second kappa shape index (κ2) is 6.50. The minimum Gasteiger partial charge on any atom is -0.459 e. The Labute approximate surface area is 115 Å². The molecule has 0 bridgehead atoms. The van der Waals surface area contributed by atoms with Gasteiger partial charge in [-0.15, -0.1) is 0 Å². The Morgan fingerprint density at radius 2 is 1.74 bits per heavy atom. The highest BCUT2D eigenvalue weighted by Crippen LogP contribution is 2.17. The molecule has 19 heavy (non-hydrogen) atoms. The summed E-state index contributed by atoms with van der Waals surface area (Å²) in [7, 11) is 0. The van der Waals surface area contributed by atoms with E-state index in [1.54, 1.807) is 20.8 Å². The van der Waals surface area contributed by atoms with Crippen LogP contribution in [0.1, 0.15) is 39.7 Å². The van der Waals surface area contributed by atoms with Crippen molar-refractivity contribution in [2.45, 2.75) is 46.1 Å². The van der Waals surface area contributed by atoms with E-state index in [1.165, 1.54) is 6.92 Å². The molecule has 0 aliphatic heterocycles. The molecule has 1 unspecified atom stereocenters. The summed E-state index contributed by atoms with van der Waals surface area (Å²) in [5.74, 6) is -1.22. The van der Waals surface area contributed by atoms with Gasteiger partial charge in [0.2, 0.25) is 0 Å². The second-order valence-electron chi connectivity index (χ2n) is 5.72. The Kier molecular flexibility index (Phi) is 5.28. The van der Waals surface area contributed by atoms with Gasteiger partial charge in [0.05, 0.1) is 0 Å². The zero-order chi connectivity index (χ0) is 14.5. The van der Waals surface area contributed by atoms with Gasteiger partial charge < -0.3 is 4.74 Å². The molecule has 1 atom stereocenters. The molecular weight excluding hydrogens is 240 g/mol. The van der Waals surface area contributed by atoms with Crippen LogP contribution in [0.4, 0.5) is 0 Å². The molecule has 0 aliphatic carbocycles. The molecule has 1 aromatic carbocycles. The molecule has 104 valence electrons. The van der Waals surface area contributed by atoms with Crippen LogP contribution in [0.3, 0.4) is 0 Å². The molecule has 3 heteroatoms. The van der Waals surface area contributed by atoms with Crippen LogP contribution < -0.4 is 0 Å². The molecule has 0 aliphatic rings. The van der Waals surface area contributed by atoms with Crippen LogP contribution in [0.5, 0.6) is 0 Å². The number of rotatable bonds is 5. The van der Waals surface area contributed by atoms with Crippen LogP contribution in [-0.2, 0) is 20.7 Å². The summed E-state index contributed by atoms with van der Waals surface area (Å²) in [6.07, 6.45) is 1.19. The molecule has 0 saturated carbocycles. The summed E-state index contributed by atoms with van der Waals surface area (Å²) in [5.41, 5.74) is 0.565. The van der Waals surface area contributed by atoms with Gasteiger partial charge in [0, 0.05) is 0 Å². The monoisotopic (exact) mass is 262 g/mol. The maximum atomic E-state index is 12.0. The smallest absolute Gasteiger partial charge is 0.316 e. The summed E-state index contributed by atoms with van der Waals surface area (Å²) in [5, 5.41) is 0. The third-order valence-electron chi connectivity index (χ3n) is 2.75. The van der Waals surface area contributed by atoms with Gasteiger partial charge in [0.1, 0.15) is 17.3 Å². The number of benzene rings is 1. The van der Waals surface area contributed by atoms with Crippen molar-refractivity contribution >= 4 is 11.8 Å². The van der Waals surface area contributed by atoms with E-state index in [0.29, 0.717) is 12.8 Å². The van der Waals surface area contributed by atoms with Crippen molar-refractivity contribution in [1.29, 1.82) is 0 Å². The Morgan fingerprint density at radius 1 is 1.16 bits per heavy atom. The molecule has 0 saturated heterocycles. The number of carbonyl (C=O) groups excluding carboxylic acids is 2. The van der Waals surface area contributed by atoms with E-state index in [-0.39, 0.29) is 5.78 Å². The normalized spacial score (nSPS) is 12.8. The van der Waals surface area contributed by atoms with Crippen molar-refractivity contribution in [2.24, 2.45) is 5.92 Å². The predicted molar refractivity (Wildman–Crippen MR) is 74.8 cm³/mol. The van der Waals surface area contributed by atoms with Gasteiger partial charge in [-0.25, -0.2) is 0 Å². The van der Waals surface area contributed by atoms with Gasteiger partial charge in [-0.05, 0) is 46.1 Å². The van der Waals surface area contributed by atoms with Crippen molar-refractivity contribution in [3.63, 3.8) is 0 Å². The largest absolute Gasteiger partial charge is 0.459 e. The fourth-order valence-electron chi connectivity index (χ4n) is 1.82. The SMILES string of the molecule is CC(=O)C(CCc1ccccc1)C(=O)OC(C)(C)C. The third kappa shape index (κ3) is 5.69. The van der Waals surface area contributed by atoms with Crippen molar-refractivity contribution in [3.05, 3.63) is 35.9 Å². The number of ether oxygens (including phenoxy) is 1. The van der Waals surface area contributed by atoms with Gasteiger partial charge in [-0.1, -0.05) is 30.3 Å². The average molecular weight is 262 g/mol. The molecule has 1 aromatic rings. The molecule has 0 heterocycles. The Morgan fingerprint density at radius 3 is 2.21 bits per heavy atom. The number of aryl methyl sites for hydroxylation is 1. The zero-order valence-electron chi connectivity index (χ0n) is 12.1. The predicted octanol–water partition coefficient (Wildman–Crippen LogP) is 3.17. The molecule has 0 spiro atoms. The molecule has 0 radical (unpaired) electrons. The fraction of sp³-hybridized carbons (Fsp3) is 0.500. The number of ketones is 1. The second-order valence-corrected chi connectivity index (χ2v) is 5.72. The minimum atomic E-state index is -0.667. The maximum Gasteiger partial charge on any atom is 0.316 e. The van der Waals surface area contributed by atoms with E-state index in [9.17, 15) is 9.59 Å². The van der Waals surface area contributed by atoms with Crippen LogP contribution in [-0.4, -0.2) is 17.4 Å². The first-order valence-corrected chi connectivity index (χ1v) is 6.57. The quantitative estimate of drug-likeness (QED) is 0.604. The highest BCUT2D eigenvalue weighted by atomic mass is 16.6. The molecule has 0 fully saturated rings. The van der Waals surface area contributed by atoms with Crippen molar-refractivity contribution in [2.75, 3.05) is 0 Å². The third-order valence-corrected chi connectivity index (χ3v) is 2.75. The first-order valence-electron chi connectivity index (χ1n) is 6.57. The van der Waals surface area contributed by atoms with Crippen molar-refractivity contribution in [3.8, 4) is 0 Å². The zero-order valence-corrected chi connectivity index (χ0v) is 12.1. The molecule has 0 N–H and O–H groups in total. The maximum absolute atomic E-state index is 12.0. The summed E-state index contributed by atoms with van der Waals surface area (Å²) < 4.78 is 5.29. The van der Waals surface area contributed by atoms with Gasteiger partial charge in [-0.2, -0.15) is 0 Å². The molecule has 0 amide bonds. The fourth-order valence-corrected chi connectivity index (χ4v) is 1.82. The Bertz CT molecular complexity index is 429. The summed E-state index contributed by atoms with van der Waals surface area (Å²) in [6.45, 7) is 6.86. The number of esters is 1. The number of hydrogen-bond donors (Lipinski definition) is 0. The van der Waals surface area contributed by atoms with Gasteiger partial charge in [-0.3, -0.25) is 9.59 Å². The summed E-state index contributed by atoms with van der Waals surface area (Å²) >= 11 is 0. The molecule has 0 aromatic heterocycles. The topological polar surface area (TPSA) is 43.4 Å². The van der Waals surface area contributed by atoms with Crippen LogP contribution in [0.25, 0.3) is 0 Å². The van der Waals surface area contributed by atoms with Crippen LogP contribution >= 0.6 is 0 Å². The lowest BCUT2D eigenvalue weighted by molar-refractivity contribution is -0.162. The Balaban J connectivity index is 2.64. The molecule has 3 nitrogen and oxygen atoms in total. The van der Waals surface area contributed by atoms with Crippen LogP contribution in [0, 0.1) is 5.92 Å². The molecule has 1 rings (SSSR count). The van der Waals surface area contributed by atoms with E-state index < -0.39 is 17.5 Å². The van der Waals surface area contributed by atoms with Gasteiger partial charge in [0.25, 0.3) is 0 Å². The number of hydrogen-bond acceptors (Lipinski definition) is 3. The van der Waals surface area contributed by atoms with E-state index >= 15 is 0 Å². The van der Waals surface area contributed by atoms with Crippen LogP contribution in [0.2, 0.25) is 0 Å².